The van der Waals surface area contributed by atoms with Gasteiger partial charge in [0.1, 0.15) is 25.6 Å². The lowest BCUT2D eigenvalue weighted by atomic mass is 9.75. The Morgan fingerprint density at radius 3 is 2.29 bits per heavy atom. The standard InChI is InChI=1S/C20H27Br2NO5/c1-6-17(24)26-8-7-23-19(25)28-10-9-27-18-15(21)11-14(12-16(18)22)20(4,5)13(2)3/h6,11-13H,1,7-10H2,2-5H3,(H,23,25). The minimum absolute atomic E-state index is 0.0186. The number of ether oxygens (including phenoxy) is 3. The fraction of sp³-hybridized carbons (Fsp3) is 0.500. The maximum absolute atomic E-state index is 11.6. The Bertz CT molecular complexity index is 681. The molecule has 0 saturated heterocycles. The fourth-order valence-corrected chi connectivity index (χ4v) is 3.51. The lowest BCUT2D eigenvalue weighted by molar-refractivity contribution is -0.137. The van der Waals surface area contributed by atoms with E-state index in [0.29, 0.717) is 11.7 Å². The minimum Gasteiger partial charge on any atom is -0.488 e. The highest BCUT2D eigenvalue weighted by molar-refractivity contribution is 9.11. The van der Waals surface area contributed by atoms with Crippen molar-refractivity contribution in [3.63, 3.8) is 0 Å². The number of nitrogens with one attached hydrogen (secondary N) is 1. The van der Waals surface area contributed by atoms with Gasteiger partial charge in [0, 0.05) is 6.08 Å². The summed E-state index contributed by atoms with van der Waals surface area (Å²) in [6, 6.07) is 4.11. The third-order valence-electron chi connectivity index (χ3n) is 4.53. The van der Waals surface area contributed by atoms with Gasteiger partial charge in [-0.15, -0.1) is 0 Å². The summed E-state index contributed by atoms with van der Waals surface area (Å²) < 4.78 is 17.2. The molecule has 0 heterocycles. The second-order valence-corrected chi connectivity index (χ2v) is 8.64. The fourth-order valence-electron chi connectivity index (χ4n) is 2.10. The molecule has 28 heavy (non-hydrogen) atoms. The number of esters is 1. The second kappa shape index (κ2) is 11.5. The maximum Gasteiger partial charge on any atom is 0.407 e. The molecule has 0 aliphatic carbocycles. The number of rotatable bonds is 10. The van der Waals surface area contributed by atoms with Gasteiger partial charge in [0.15, 0.2) is 0 Å². The van der Waals surface area contributed by atoms with Gasteiger partial charge in [-0.05, 0) is 60.9 Å². The molecule has 0 aliphatic heterocycles. The molecule has 1 amide bonds. The number of hydrogen-bond acceptors (Lipinski definition) is 5. The van der Waals surface area contributed by atoms with Crippen LogP contribution in [0.1, 0.15) is 33.3 Å². The molecule has 6 nitrogen and oxygen atoms in total. The highest BCUT2D eigenvalue weighted by Crippen LogP contribution is 2.40. The molecule has 1 rings (SSSR count). The first-order valence-electron chi connectivity index (χ1n) is 8.91. The molecule has 0 radical (unpaired) electrons. The summed E-state index contributed by atoms with van der Waals surface area (Å²) in [6.07, 6.45) is 0.452. The second-order valence-electron chi connectivity index (χ2n) is 6.93. The summed E-state index contributed by atoms with van der Waals surface area (Å²) in [4.78, 5) is 22.4. The van der Waals surface area contributed by atoms with Crippen LogP contribution in [0.15, 0.2) is 33.7 Å². The number of amides is 1. The van der Waals surface area contributed by atoms with Crippen LogP contribution in [0, 0.1) is 5.92 Å². The summed E-state index contributed by atoms with van der Waals surface area (Å²) in [5.74, 6) is 0.594. The lowest BCUT2D eigenvalue weighted by Gasteiger charge is -2.30. The average Bonchev–Trinajstić information content (AvgIpc) is 2.63. The highest BCUT2D eigenvalue weighted by atomic mass is 79.9. The Hall–Kier alpha value is -1.54. The first-order valence-corrected chi connectivity index (χ1v) is 10.5. The number of benzene rings is 1. The molecular formula is C20H27Br2NO5. The summed E-state index contributed by atoms with van der Waals surface area (Å²) >= 11 is 7.11. The first kappa shape index (κ1) is 24.5. The molecule has 0 unspecified atom stereocenters. The number of carbonyl (C=O) groups excluding carboxylic acids is 2. The van der Waals surface area contributed by atoms with Gasteiger partial charge < -0.3 is 19.5 Å². The van der Waals surface area contributed by atoms with E-state index in [-0.39, 0.29) is 31.8 Å². The van der Waals surface area contributed by atoms with Crippen molar-refractivity contribution in [3.8, 4) is 5.75 Å². The van der Waals surface area contributed by atoms with E-state index < -0.39 is 12.1 Å². The predicted octanol–water partition coefficient (Wildman–Crippen LogP) is 4.98. The molecular weight excluding hydrogens is 494 g/mol. The predicted molar refractivity (Wildman–Crippen MR) is 116 cm³/mol. The summed E-state index contributed by atoms with van der Waals surface area (Å²) in [6.45, 7) is 12.6. The highest BCUT2D eigenvalue weighted by Gasteiger charge is 2.26. The Kier molecular flexibility index (Phi) is 10.0. The van der Waals surface area contributed by atoms with Crippen LogP contribution in [-0.4, -0.2) is 38.4 Å². The van der Waals surface area contributed by atoms with Crippen molar-refractivity contribution in [2.24, 2.45) is 5.92 Å². The molecule has 0 aliphatic rings. The van der Waals surface area contributed by atoms with Crippen molar-refractivity contribution in [2.75, 3.05) is 26.4 Å². The third-order valence-corrected chi connectivity index (χ3v) is 5.71. The topological polar surface area (TPSA) is 73.9 Å². The van der Waals surface area contributed by atoms with Gasteiger partial charge in [-0.25, -0.2) is 9.59 Å². The minimum atomic E-state index is -0.606. The van der Waals surface area contributed by atoms with Crippen molar-refractivity contribution >= 4 is 43.9 Å². The largest absolute Gasteiger partial charge is 0.488 e. The van der Waals surface area contributed by atoms with Gasteiger partial charge in [0.2, 0.25) is 0 Å². The van der Waals surface area contributed by atoms with E-state index in [4.69, 9.17) is 14.2 Å². The quantitative estimate of drug-likeness (QED) is 0.267. The molecule has 8 heteroatoms. The Labute approximate surface area is 183 Å². The zero-order valence-electron chi connectivity index (χ0n) is 16.6. The molecule has 0 atom stereocenters. The van der Waals surface area contributed by atoms with Crippen LogP contribution < -0.4 is 10.1 Å². The van der Waals surface area contributed by atoms with Crippen molar-refractivity contribution < 1.29 is 23.8 Å². The number of halogens is 2. The Balaban J connectivity index is 2.46. The van der Waals surface area contributed by atoms with Crippen LogP contribution >= 0.6 is 31.9 Å². The van der Waals surface area contributed by atoms with Crippen LogP contribution in [0.25, 0.3) is 0 Å². The van der Waals surface area contributed by atoms with E-state index >= 15 is 0 Å². The summed E-state index contributed by atoms with van der Waals surface area (Å²) in [7, 11) is 0. The molecule has 0 spiro atoms. The van der Waals surface area contributed by atoms with Crippen LogP contribution in [0.5, 0.6) is 5.75 Å². The third kappa shape index (κ3) is 7.47. The van der Waals surface area contributed by atoms with Crippen molar-refractivity contribution in [1.82, 2.24) is 5.32 Å². The average molecular weight is 521 g/mol. The lowest BCUT2D eigenvalue weighted by Crippen LogP contribution is -2.29. The van der Waals surface area contributed by atoms with Gasteiger partial charge in [0.05, 0.1) is 15.5 Å². The monoisotopic (exact) mass is 519 g/mol. The molecule has 0 fully saturated rings. The van der Waals surface area contributed by atoms with E-state index in [9.17, 15) is 9.59 Å². The normalized spacial score (nSPS) is 11.1. The SMILES string of the molecule is C=CC(=O)OCCNC(=O)OCCOc1c(Br)cc(C(C)(C)C(C)C)cc1Br. The number of hydrogen-bond donors (Lipinski definition) is 1. The summed E-state index contributed by atoms with van der Waals surface area (Å²) in [5.41, 5.74) is 1.21. The molecule has 1 aromatic carbocycles. The van der Waals surface area contributed by atoms with E-state index in [1.807, 2.05) is 0 Å². The van der Waals surface area contributed by atoms with Gasteiger partial charge in [-0.2, -0.15) is 0 Å². The van der Waals surface area contributed by atoms with Crippen molar-refractivity contribution in [3.05, 3.63) is 39.3 Å². The van der Waals surface area contributed by atoms with Crippen molar-refractivity contribution in [2.45, 2.75) is 33.1 Å². The molecule has 1 N–H and O–H groups in total. The molecule has 0 aromatic heterocycles. The molecule has 1 aromatic rings. The maximum atomic E-state index is 11.6. The molecule has 0 bridgehead atoms. The summed E-state index contributed by atoms with van der Waals surface area (Å²) in [5, 5.41) is 2.47. The molecule has 0 saturated carbocycles. The van der Waals surface area contributed by atoms with Crippen LogP contribution in [0.4, 0.5) is 4.79 Å². The van der Waals surface area contributed by atoms with Gasteiger partial charge in [0.25, 0.3) is 0 Å². The smallest absolute Gasteiger partial charge is 0.407 e. The zero-order valence-corrected chi connectivity index (χ0v) is 19.8. The Morgan fingerprint density at radius 1 is 1.14 bits per heavy atom. The number of alkyl carbamates (subject to hydrolysis) is 1. The van der Waals surface area contributed by atoms with E-state index in [2.05, 4.69) is 83.6 Å². The van der Waals surface area contributed by atoms with Crippen LogP contribution in [-0.2, 0) is 19.7 Å². The Morgan fingerprint density at radius 2 is 1.75 bits per heavy atom. The van der Waals surface area contributed by atoms with Crippen LogP contribution in [0.2, 0.25) is 0 Å². The van der Waals surface area contributed by atoms with Gasteiger partial charge in [-0.1, -0.05) is 34.3 Å². The molecule has 156 valence electrons. The zero-order chi connectivity index (χ0) is 21.3. The van der Waals surface area contributed by atoms with E-state index in [0.717, 1.165) is 15.0 Å². The van der Waals surface area contributed by atoms with Gasteiger partial charge in [-0.3, -0.25) is 0 Å². The van der Waals surface area contributed by atoms with E-state index in [1.165, 1.54) is 5.56 Å². The van der Waals surface area contributed by atoms with Crippen LogP contribution in [0.3, 0.4) is 0 Å². The van der Waals surface area contributed by atoms with Crippen molar-refractivity contribution in [1.29, 1.82) is 0 Å². The number of carbonyl (C=O) groups is 2. The first-order chi connectivity index (χ1) is 13.1. The van der Waals surface area contributed by atoms with Gasteiger partial charge >= 0.3 is 12.1 Å². The van der Waals surface area contributed by atoms with E-state index in [1.54, 1.807) is 0 Å².